The number of fused-ring (bicyclic) bond motifs is 1. The molecule has 0 unspecified atom stereocenters. The van der Waals surface area contributed by atoms with Crippen molar-refractivity contribution in [2.75, 3.05) is 44.7 Å². The first-order chi connectivity index (χ1) is 12.8. The highest BCUT2D eigenvalue weighted by Gasteiger charge is 2.20. The van der Waals surface area contributed by atoms with Crippen molar-refractivity contribution in [2.45, 2.75) is 38.5 Å². The van der Waals surface area contributed by atoms with E-state index in [1.54, 1.807) is 7.11 Å². The highest BCUT2D eigenvalue weighted by Crippen LogP contribution is 2.28. The van der Waals surface area contributed by atoms with E-state index in [0.717, 1.165) is 44.8 Å². The first-order valence-electron chi connectivity index (χ1n) is 10.0. The fourth-order valence-electron chi connectivity index (χ4n) is 4.33. The molecule has 2 aromatic rings. The first kappa shape index (κ1) is 17.4. The van der Waals surface area contributed by atoms with Crippen molar-refractivity contribution >= 4 is 5.69 Å². The van der Waals surface area contributed by atoms with Crippen molar-refractivity contribution in [2.24, 2.45) is 0 Å². The molecular weight excluding hydrogens is 324 g/mol. The van der Waals surface area contributed by atoms with Gasteiger partial charge in [0.15, 0.2) is 0 Å². The molecule has 0 atom stereocenters. The Bertz CT molecular complexity index is 719. The monoisotopic (exact) mass is 354 g/mol. The van der Waals surface area contributed by atoms with Gasteiger partial charge in [0.2, 0.25) is 0 Å². The van der Waals surface area contributed by atoms with Crippen LogP contribution >= 0.6 is 0 Å². The molecular formula is C21H30N4O. The van der Waals surface area contributed by atoms with Gasteiger partial charge < -0.3 is 9.64 Å². The van der Waals surface area contributed by atoms with Gasteiger partial charge >= 0.3 is 0 Å². The average molecular weight is 354 g/mol. The fraction of sp³-hybridized carbons (Fsp3) is 0.571. The Labute approximate surface area is 156 Å². The molecule has 1 aromatic carbocycles. The molecule has 140 valence electrons. The number of anilines is 1. The van der Waals surface area contributed by atoms with Crippen molar-refractivity contribution in [1.29, 1.82) is 0 Å². The van der Waals surface area contributed by atoms with Crippen LogP contribution in [0.5, 0.6) is 5.75 Å². The molecule has 26 heavy (non-hydrogen) atoms. The number of piperazine rings is 1. The van der Waals surface area contributed by atoms with Crippen LogP contribution in [0.25, 0.3) is 0 Å². The number of ether oxygens (including phenoxy) is 1. The second-order valence-electron chi connectivity index (χ2n) is 7.44. The summed E-state index contributed by atoms with van der Waals surface area (Å²) in [6.45, 7) is 5.56. The van der Waals surface area contributed by atoms with E-state index in [1.807, 2.05) is 12.1 Å². The molecule has 1 aromatic heterocycles. The number of aromatic nitrogens is 2. The zero-order valence-electron chi connectivity index (χ0n) is 15.8. The number of H-pyrrole nitrogens is 1. The Balaban J connectivity index is 1.25. The van der Waals surface area contributed by atoms with Gasteiger partial charge in [0, 0.05) is 31.9 Å². The van der Waals surface area contributed by atoms with Gasteiger partial charge in [0.25, 0.3) is 0 Å². The zero-order chi connectivity index (χ0) is 17.8. The molecule has 2 heterocycles. The van der Waals surface area contributed by atoms with Crippen LogP contribution in [0, 0.1) is 0 Å². The molecule has 2 aliphatic rings. The fourth-order valence-corrected chi connectivity index (χ4v) is 4.33. The number of hydrogen-bond donors (Lipinski definition) is 1. The summed E-state index contributed by atoms with van der Waals surface area (Å²) in [7, 11) is 1.75. The molecule has 0 saturated carbocycles. The lowest BCUT2D eigenvalue weighted by Gasteiger charge is -2.36. The van der Waals surface area contributed by atoms with Crippen molar-refractivity contribution in [3.8, 4) is 5.75 Å². The smallest absolute Gasteiger partial charge is 0.142 e. The molecule has 5 heteroatoms. The van der Waals surface area contributed by atoms with Crippen LogP contribution in [-0.4, -0.2) is 54.9 Å². The molecule has 0 radical (unpaired) electrons. The van der Waals surface area contributed by atoms with Gasteiger partial charge in [0.1, 0.15) is 5.75 Å². The minimum absolute atomic E-state index is 0.977. The lowest BCUT2D eigenvalue weighted by molar-refractivity contribution is 0.254. The lowest BCUT2D eigenvalue weighted by atomic mass is 9.94. The quantitative estimate of drug-likeness (QED) is 0.866. The summed E-state index contributed by atoms with van der Waals surface area (Å²) in [5.41, 5.74) is 5.47. The Kier molecular flexibility index (Phi) is 5.44. The van der Waals surface area contributed by atoms with Crippen LogP contribution in [-0.2, 0) is 19.3 Å². The molecule has 0 bridgehead atoms. The molecule has 4 rings (SSSR count). The first-order valence-corrected chi connectivity index (χ1v) is 10.0. The Morgan fingerprint density at radius 2 is 1.88 bits per heavy atom. The Morgan fingerprint density at radius 3 is 2.73 bits per heavy atom. The predicted molar refractivity (Wildman–Crippen MR) is 105 cm³/mol. The van der Waals surface area contributed by atoms with Crippen molar-refractivity contribution < 1.29 is 4.74 Å². The van der Waals surface area contributed by atoms with E-state index in [9.17, 15) is 0 Å². The van der Waals surface area contributed by atoms with Crippen LogP contribution in [0.4, 0.5) is 5.69 Å². The standard InChI is InChI=1S/C21H30N4O/c1-26-21-11-5-4-10-20(21)25-15-13-24(14-16-25)12-6-9-19-17-7-2-3-8-18(17)22-23-19/h4-5,10-11H,2-3,6-9,12-16H2,1H3,(H,22,23). The number of aryl methyl sites for hydroxylation is 2. The number of methoxy groups -OCH3 is 1. The summed E-state index contributed by atoms with van der Waals surface area (Å²) in [6, 6.07) is 8.34. The molecule has 0 spiro atoms. The summed E-state index contributed by atoms with van der Waals surface area (Å²) in [6.07, 6.45) is 7.35. The third-order valence-electron chi connectivity index (χ3n) is 5.83. The van der Waals surface area contributed by atoms with Crippen LogP contribution in [0.3, 0.4) is 0 Å². The number of benzene rings is 1. The molecule has 1 N–H and O–H groups in total. The molecule has 0 amide bonds. The van der Waals surface area contributed by atoms with Crippen LogP contribution in [0.15, 0.2) is 24.3 Å². The normalized spacial score (nSPS) is 18.0. The van der Waals surface area contributed by atoms with Crippen LogP contribution in [0.2, 0.25) is 0 Å². The highest BCUT2D eigenvalue weighted by molar-refractivity contribution is 5.58. The third kappa shape index (κ3) is 3.73. The molecule has 1 fully saturated rings. The van der Waals surface area contributed by atoms with E-state index in [1.165, 1.54) is 54.9 Å². The van der Waals surface area contributed by atoms with E-state index in [0.29, 0.717) is 0 Å². The number of rotatable bonds is 6. The SMILES string of the molecule is COc1ccccc1N1CCN(CCCc2[nH]nc3c2CCCC3)CC1. The van der Waals surface area contributed by atoms with Crippen LogP contribution in [0.1, 0.15) is 36.2 Å². The molecule has 1 aliphatic heterocycles. The summed E-state index contributed by atoms with van der Waals surface area (Å²) >= 11 is 0. The second kappa shape index (κ2) is 8.12. The van der Waals surface area contributed by atoms with Gasteiger partial charge in [-0.2, -0.15) is 5.10 Å². The second-order valence-corrected chi connectivity index (χ2v) is 7.44. The maximum atomic E-state index is 5.51. The highest BCUT2D eigenvalue weighted by atomic mass is 16.5. The van der Waals surface area contributed by atoms with Gasteiger partial charge in [-0.3, -0.25) is 10.00 Å². The van der Waals surface area contributed by atoms with Crippen molar-refractivity contribution in [3.05, 3.63) is 41.2 Å². The van der Waals surface area contributed by atoms with Gasteiger partial charge in [-0.15, -0.1) is 0 Å². The van der Waals surface area contributed by atoms with Crippen molar-refractivity contribution in [3.63, 3.8) is 0 Å². The topological polar surface area (TPSA) is 44.4 Å². The maximum Gasteiger partial charge on any atom is 0.142 e. The zero-order valence-corrected chi connectivity index (χ0v) is 15.8. The average Bonchev–Trinajstić information content (AvgIpc) is 3.12. The minimum Gasteiger partial charge on any atom is -0.495 e. The van der Waals surface area contributed by atoms with E-state index >= 15 is 0 Å². The van der Waals surface area contributed by atoms with Gasteiger partial charge in [-0.05, 0) is 62.8 Å². The molecule has 1 aliphatic carbocycles. The van der Waals surface area contributed by atoms with Gasteiger partial charge in [-0.1, -0.05) is 12.1 Å². The van der Waals surface area contributed by atoms with Crippen molar-refractivity contribution in [1.82, 2.24) is 15.1 Å². The number of nitrogens with zero attached hydrogens (tertiary/aromatic N) is 3. The van der Waals surface area contributed by atoms with Crippen LogP contribution < -0.4 is 9.64 Å². The number of hydrogen-bond acceptors (Lipinski definition) is 4. The van der Waals surface area contributed by atoms with E-state index in [4.69, 9.17) is 4.74 Å². The summed E-state index contributed by atoms with van der Waals surface area (Å²) in [5.74, 6) is 0.977. The van der Waals surface area contributed by atoms with E-state index < -0.39 is 0 Å². The van der Waals surface area contributed by atoms with E-state index in [-0.39, 0.29) is 0 Å². The molecule has 5 nitrogen and oxygen atoms in total. The summed E-state index contributed by atoms with van der Waals surface area (Å²) in [5, 5.41) is 7.83. The van der Waals surface area contributed by atoms with Gasteiger partial charge in [0.05, 0.1) is 18.5 Å². The number of para-hydroxylation sites is 2. The molecule has 1 saturated heterocycles. The third-order valence-corrected chi connectivity index (χ3v) is 5.83. The number of nitrogens with one attached hydrogen (secondary N) is 1. The maximum absolute atomic E-state index is 5.51. The van der Waals surface area contributed by atoms with Gasteiger partial charge in [-0.25, -0.2) is 0 Å². The summed E-state index contributed by atoms with van der Waals surface area (Å²) < 4.78 is 5.51. The minimum atomic E-state index is 0.977. The lowest BCUT2D eigenvalue weighted by Crippen LogP contribution is -2.46. The predicted octanol–water partition coefficient (Wildman–Crippen LogP) is 3.05. The Morgan fingerprint density at radius 1 is 1.08 bits per heavy atom. The summed E-state index contributed by atoms with van der Waals surface area (Å²) in [4.78, 5) is 5.04. The Hall–Kier alpha value is -2.01. The van der Waals surface area contributed by atoms with E-state index in [2.05, 4.69) is 32.1 Å². The largest absolute Gasteiger partial charge is 0.495 e. The number of aromatic amines is 1.